The molecule has 0 saturated heterocycles. The molecule has 0 bridgehead atoms. The van der Waals surface area contributed by atoms with Crippen molar-refractivity contribution in [2.75, 3.05) is 17.8 Å². The van der Waals surface area contributed by atoms with Crippen molar-refractivity contribution in [1.29, 1.82) is 0 Å². The van der Waals surface area contributed by atoms with Crippen LogP contribution in [0, 0.1) is 6.92 Å². The summed E-state index contributed by atoms with van der Waals surface area (Å²) in [7, 11) is -1.10. The Morgan fingerprint density at radius 1 is 1.47 bits per heavy atom. The molecule has 0 spiro atoms. The minimum Gasteiger partial charge on any atom is -0.478 e. The monoisotopic (exact) mass is 272 g/mol. The lowest BCUT2D eigenvalue weighted by atomic mass is 10.1. The molecule has 0 aliphatic heterocycles. The van der Waals surface area contributed by atoms with E-state index in [1.807, 2.05) is 6.26 Å². The second-order valence-corrected chi connectivity index (χ2v) is 6.23. The molecule has 1 rings (SSSR count). The third kappa shape index (κ3) is 4.16. The minimum atomic E-state index is -1.10. The van der Waals surface area contributed by atoms with Crippen molar-refractivity contribution in [3.05, 3.63) is 29.3 Å². The molecular formula is C12H16O3S2. The van der Waals surface area contributed by atoms with Gasteiger partial charge in [-0.25, -0.2) is 4.79 Å². The molecule has 0 amide bonds. The van der Waals surface area contributed by atoms with Crippen LogP contribution in [0.25, 0.3) is 0 Å². The van der Waals surface area contributed by atoms with Crippen molar-refractivity contribution in [3.63, 3.8) is 0 Å². The number of aryl methyl sites for hydroxylation is 1. The molecule has 0 aliphatic rings. The van der Waals surface area contributed by atoms with Crippen molar-refractivity contribution >= 4 is 28.5 Å². The molecule has 1 aromatic carbocycles. The van der Waals surface area contributed by atoms with E-state index < -0.39 is 16.8 Å². The molecule has 0 heterocycles. The van der Waals surface area contributed by atoms with Crippen molar-refractivity contribution < 1.29 is 14.1 Å². The summed E-state index contributed by atoms with van der Waals surface area (Å²) >= 11 is 1.72. The first-order valence-corrected chi connectivity index (χ1v) is 7.98. The van der Waals surface area contributed by atoms with Gasteiger partial charge in [0.1, 0.15) is 0 Å². The zero-order valence-corrected chi connectivity index (χ0v) is 11.6. The van der Waals surface area contributed by atoms with Gasteiger partial charge in [0.2, 0.25) is 0 Å². The highest BCUT2D eigenvalue weighted by Crippen LogP contribution is 2.15. The van der Waals surface area contributed by atoms with Gasteiger partial charge in [-0.1, -0.05) is 6.07 Å². The quantitative estimate of drug-likeness (QED) is 0.809. The van der Waals surface area contributed by atoms with Gasteiger partial charge in [-0.2, -0.15) is 11.8 Å². The van der Waals surface area contributed by atoms with E-state index in [1.165, 1.54) is 6.07 Å². The molecule has 1 aromatic rings. The average molecular weight is 272 g/mol. The van der Waals surface area contributed by atoms with Crippen LogP contribution in [0.2, 0.25) is 0 Å². The normalized spacial score (nSPS) is 12.4. The number of thioether (sulfide) groups is 1. The molecule has 5 heteroatoms. The van der Waals surface area contributed by atoms with Crippen LogP contribution in [0.4, 0.5) is 0 Å². The third-order valence-electron chi connectivity index (χ3n) is 2.38. The van der Waals surface area contributed by atoms with E-state index in [1.54, 1.807) is 30.8 Å². The maximum atomic E-state index is 11.9. The summed E-state index contributed by atoms with van der Waals surface area (Å²) in [4.78, 5) is 11.6. The smallest absolute Gasteiger partial charge is 0.335 e. The molecule has 1 unspecified atom stereocenters. The van der Waals surface area contributed by atoms with Crippen molar-refractivity contribution in [2.45, 2.75) is 18.2 Å². The van der Waals surface area contributed by atoms with Crippen LogP contribution in [0.3, 0.4) is 0 Å². The molecule has 0 radical (unpaired) electrons. The lowest BCUT2D eigenvalue weighted by Crippen LogP contribution is -2.04. The highest BCUT2D eigenvalue weighted by atomic mass is 32.2. The molecule has 0 aliphatic carbocycles. The molecule has 17 heavy (non-hydrogen) atoms. The standard InChI is InChI=1S/C12H16O3S2/c1-9-4-5-10(8-11(9)12(13)14)17(15)7-3-6-16-2/h4-5,8H,3,6-7H2,1-2H3,(H,13,14). The number of hydrogen-bond acceptors (Lipinski definition) is 3. The number of carboxylic acids is 1. The SMILES string of the molecule is CSCCCS(=O)c1ccc(C)c(C(=O)O)c1. The largest absolute Gasteiger partial charge is 0.478 e. The zero-order chi connectivity index (χ0) is 12.8. The zero-order valence-electron chi connectivity index (χ0n) is 9.93. The first kappa shape index (κ1) is 14.3. The Hall–Kier alpha value is -0.810. The minimum absolute atomic E-state index is 0.237. The van der Waals surface area contributed by atoms with Crippen molar-refractivity contribution in [1.82, 2.24) is 0 Å². The number of benzene rings is 1. The highest BCUT2D eigenvalue weighted by Gasteiger charge is 2.11. The lowest BCUT2D eigenvalue weighted by Gasteiger charge is -2.05. The summed E-state index contributed by atoms with van der Waals surface area (Å²) < 4.78 is 11.9. The summed E-state index contributed by atoms with van der Waals surface area (Å²) in [6.07, 6.45) is 2.89. The van der Waals surface area contributed by atoms with Gasteiger partial charge < -0.3 is 5.11 Å². The Morgan fingerprint density at radius 3 is 2.76 bits per heavy atom. The first-order chi connectivity index (χ1) is 8.06. The molecule has 0 aromatic heterocycles. The van der Waals surface area contributed by atoms with Crippen LogP contribution in [0.1, 0.15) is 22.3 Å². The van der Waals surface area contributed by atoms with Gasteiger partial charge in [-0.15, -0.1) is 0 Å². The molecule has 0 saturated carbocycles. The summed E-state index contributed by atoms with van der Waals surface area (Å²) in [5, 5.41) is 8.98. The van der Waals surface area contributed by atoms with Crippen molar-refractivity contribution in [2.24, 2.45) is 0 Å². The van der Waals surface area contributed by atoms with Crippen LogP contribution in [-0.2, 0) is 10.8 Å². The number of hydrogen-bond donors (Lipinski definition) is 1. The van der Waals surface area contributed by atoms with Crippen LogP contribution in [0.15, 0.2) is 23.1 Å². The number of carboxylic acid groups (broad SMARTS) is 1. The number of rotatable bonds is 6. The highest BCUT2D eigenvalue weighted by molar-refractivity contribution is 7.98. The molecule has 1 N–H and O–H groups in total. The van der Waals surface area contributed by atoms with Gasteiger partial charge in [0, 0.05) is 10.6 Å². The Morgan fingerprint density at radius 2 is 2.18 bits per heavy atom. The molecule has 1 atom stereocenters. The summed E-state index contributed by atoms with van der Waals surface area (Å²) in [5.41, 5.74) is 0.933. The first-order valence-electron chi connectivity index (χ1n) is 5.27. The molecule has 3 nitrogen and oxygen atoms in total. The van der Waals surface area contributed by atoms with Crippen LogP contribution >= 0.6 is 11.8 Å². The van der Waals surface area contributed by atoms with Crippen LogP contribution in [0.5, 0.6) is 0 Å². The van der Waals surface area contributed by atoms with Gasteiger partial charge in [0.05, 0.1) is 16.4 Å². The molecular weight excluding hydrogens is 256 g/mol. The predicted octanol–water partition coefficient (Wildman–Crippen LogP) is 2.55. The fourth-order valence-corrected chi connectivity index (χ4v) is 3.15. The predicted molar refractivity (Wildman–Crippen MR) is 72.4 cm³/mol. The number of carbonyl (C=O) groups is 1. The molecule has 94 valence electrons. The Bertz CT molecular complexity index is 430. The maximum absolute atomic E-state index is 11.9. The fourth-order valence-electron chi connectivity index (χ4n) is 1.43. The Kier molecular flexibility index (Phi) is 5.71. The van der Waals surface area contributed by atoms with Crippen LogP contribution in [-0.4, -0.2) is 33.0 Å². The van der Waals surface area contributed by atoms with E-state index >= 15 is 0 Å². The summed E-state index contributed by atoms with van der Waals surface area (Å²) in [6.45, 7) is 1.74. The van der Waals surface area contributed by atoms with Gasteiger partial charge in [0.15, 0.2) is 0 Å². The van der Waals surface area contributed by atoms with E-state index in [4.69, 9.17) is 5.11 Å². The van der Waals surface area contributed by atoms with E-state index in [2.05, 4.69) is 0 Å². The summed E-state index contributed by atoms with van der Waals surface area (Å²) in [6, 6.07) is 4.98. The van der Waals surface area contributed by atoms with Gasteiger partial charge >= 0.3 is 5.97 Å². The van der Waals surface area contributed by atoms with E-state index in [0.717, 1.165) is 12.2 Å². The maximum Gasteiger partial charge on any atom is 0.335 e. The van der Waals surface area contributed by atoms with Gasteiger partial charge in [-0.3, -0.25) is 4.21 Å². The summed E-state index contributed by atoms with van der Waals surface area (Å²) in [5.74, 6) is 0.595. The Labute approximate surface area is 108 Å². The topological polar surface area (TPSA) is 54.4 Å². The van der Waals surface area contributed by atoms with Crippen molar-refractivity contribution in [3.8, 4) is 0 Å². The van der Waals surface area contributed by atoms with E-state index in [-0.39, 0.29) is 5.56 Å². The van der Waals surface area contributed by atoms with E-state index in [0.29, 0.717) is 16.2 Å². The third-order valence-corrected chi connectivity index (χ3v) is 4.52. The van der Waals surface area contributed by atoms with Crippen LogP contribution < -0.4 is 0 Å². The Balaban J connectivity index is 2.81. The average Bonchev–Trinajstić information content (AvgIpc) is 2.29. The van der Waals surface area contributed by atoms with Gasteiger partial charge in [0.25, 0.3) is 0 Å². The number of aromatic carboxylic acids is 1. The molecule has 0 fully saturated rings. The lowest BCUT2D eigenvalue weighted by molar-refractivity contribution is 0.0696. The van der Waals surface area contributed by atoms with Gasteiger partial charge in [-0.05, 0) is 43.0 Å². The second kappa shape index (κ2) is 6.81. The second-order valence-electron chi connectivity index (χ2n) is 3.68. The fraction of sp³-hybridized carbons (Fsp3) is 0.417. The van der Waals surface area contributed by atoms with E-state index in [9.17, 15) is 9.00 Å².